The van der Waals surface area contributed by atoms with E-state index < -0.39 is 0 Å². The number of pyridine rings is 1. The predicted octanol–water partition coefficient (Wildman–Crippen LogP) is 3.58. The molecule has 1 fully saturated rings. The van der Waals surface area contributed by atoms with Gasteiger partial charge in [0.25, 0.3) is 0 Å². The number of amides is 1. The summed E-state index contributed by atoms with van der Waals surface area (Å²) in [5.41, 5.74) is 1.62. The molecule has 30 heavy (non-hydrogen) atoms. The number of aryl methyl sites for hydroxylation is 1. The molecule has 0 aliphatic carbocycles. The lowest BCUT2D eigenvalue weighted by molar-refractivity contribution is -0.120. The minimum atomic E-state index is -0.0935. The van der Waals surface area contributed by atoms with E-state index in [0.717, 1.165) is 29.3 Å². The van der Waals surface area contributed by atoms with Crippen molar-refractivity contribution in [3.8, 4) is 10.8 Å². The van der Waals surface area contributed by atoms with Gasteiger partial charge in [-0.05, 0) is 43.8 Å². The first-order chi connectivity index (χ1) is 14.5. The Morgan fingerprint density at radius 3 is 2.73 bits per heavy atom. The van der Waals surface area contributed by atoms with Crippen molar-refractivity contribution in [3.63, 3.8) is 0 Å². The van der Waals surface area contributed by atoms with Crippen LogP contribution in [0.5, 0.6) is 0 Å². The Morgan fingerprint density at radius 1 is 1.27 bits per heavy atom. The van der Waals surface area contributed by atoms with Crippen LogP contribution in [0.4, 0.5) is 5.82 Å². The zero-order valence-electron chi connectivity index (χ0n) is 17.4. The van der Waals surface area contributed by atoms with Crippen molar-refractivity contribution >= 4 is 23.1 Å². The molecule has 158 valence electrons. The average Bonchev–Trinajstić information content (AvgIpc) is 3.36. The van der Waals surface area contributed by atoms with Gasteiger partial charge in [0.2, 0.25) is 11.8 Å². The maximum atomic E-state index is 12.4. The first kappa shape index (κ1) is 20.6. The standard InChI is InChI=1S/C22H26N4O3S/c1-14-12-26(13-15(2)28-14)20-7-6-17(10-23-20)11-24-21(27)9-18-16(3)29-22(25-18)19-5-4-8-30-19/h4-8,10,14-15H,9,11-13H2,1-3H3,(H,24,27)/t14-,15-/m1/s1. The van der Waals surface area contributed by atoms with Gasteiger partial charge in [-0.1, -0.05) is 12.1 Å². The molecule has 4 heterocycles. The number of nitrogens with one attached hydrogen (secondary N) is 1. The maximum absolute atomic E-state index is 12.4. The molecule has 1 aliphatic heterocycles. The molecule has 3 aromatic rings. The fourth-order valence-electron chi connectivity index (χ4n) is 3.59. The monoisotopic (exact) mass is 426 g/mol. The first-order valence-electron chi connectivity index (χ1n) is 10.1. The number of morpholine rings is 1. The van der Waals surface area contributed by atoms with Crippen LogP contribution in [0.3, 0.4) is 0 Å². The number of hydrogen-bond donors (Lipinski definition) is 1. The molecular weight excluding hydrogens is 400 g/mol. The highest BCUT2D eigenvalue weighted by molar-refractivity contribution is 7.13. The smallest absolute Gasteiger partial charge is 0.236 e. The molecule has 1 amide bonds. The Morgan fingerprint density at radius 2 is 2.07 bits per heavy atom. The van der Waals surface area contributed by atoms with E-state index in [1.807, 2.05) is 42.8 Å². The lowest BCUT2D eigenvalue weighted by Gasteiger charge is -2.36. The van der Waals surface area contributed by atoms with Crippen LogP contribution in [0.1, 0.15) is 30.9 Å². The fraction of sp³-hybridized carbons (Fsp3) is 0.409. The Labute approximate surface area is 180 Å². The van der Waals surface area contributed by atoms with E-state index >= 15 is 0 Å². The largest absolute Gasteiger partial charge is 0.440 e. The van der Waals surface area contributed by atoms with E-state index in [-0.39, 0.29) is 24.5 Å². The number of carbonyl (C=O) groups excluding carboxylic acids is 1. The van der Waals surface area contributed by atoms with Crippen LogP contribution in [-0.2, 0) is 22.5 Å². The molecule has 4 rings (SSSR count). The van der Waals surface area contributed by atoms with E-state index in [4.69, 9.17) is 9.15 Å². The molecule has 0 aromatic carbocycles. The summed E-state index contributed by atoms with van der Waals surface area (Å²) in [6.45, 7) is 8.08. The van der Waals surface area contributed by atoms with Gasteiger partial charge >= 0.3 is 0 Å². The minimum Gasteiger partial charge on any atom is -0.440 e. The molecule has 1 saturated heterocycles. The lowest BCUT2D eigenvalue weighted by Crippen LogP contribution is -2.45. The summed E-state index contributed by atoms with van der Waals surface area (Å²) in [6.07, 6.45) is 2.39. The number of ether oxygens (including phenoxy) is 1. The molecule has 8 heteroatoms. The highest BCUT2D eigenvalue weighted by Gasteiger charge is 2.23. The molecule has 1 N–H and O–H groups in total. The molecule has 0 spiro atoms. The third kappa shape index (κ3) is 4.88. The highest BCUT2D eigenvalue weighted by atomic mass is 32.1. The molecule has 3 aromatic heterocycles. The zero-order valence-corrected chi connectivity index (χ0v) is 18.2. The molecule has 0 unspecified atom stereocenters. The van der Waals surface area contributed by atoms with Crippen molar-refractivity contribution < 1.29 is 13.9 Å². The number of thiophene rings is 1. The van der Waals surface area contributed by atoms with Gasteiger partial charge in [0.15, 0.2) is 0 Å². The van der Waals surface area contributed by atoms with Crippen molar-refractivity contribution in [1.29, 1.82) is 0 Å². The summed E-state index contributed by atoms with van der Waals surface area (Å²) >= 11 is 1.56. The topological polar surface area (TPSA) is 80.5 Å². The van der Waals surface area contributed by atoms with Gasteiger partial charge in [-0.2, -0.15) is 0 Å². The second-order valence-corrected chi connectivity index (χ2v) is 8.59. The number of aromatic nitrogens is 2. The second kappa shape index (κ2) is 8.97. The Balaban J connectivity index is 1.31. The summed E-state index contributed by atoms with van der Waals surface area (Å²) in [5.74, 6) is 2.08. The zero-order chi connectivity index (χ0) is 21.1. The van der Waals surface area contributed by atoms with Crippen LogP contribution in [0.25, 0.3) is 10.8 Å². The average molecular weight is 427 g/mol. The highest BCUT2D eigenvalue weighted by Crippen LogP contribution is 2.26. The van der Waals surface area contributed by atoms with Crippen molar-refractivity contribution in [2.75, 3.05) is 18.0 Å². The quantitative estimate of drug-likeness (QED) is 0.649. The number of oxazole rings is 1. The van der Waals surface area contributed by atoms with Crippen molar-refractivity contribution in [2.24, 2.45) is 0 Å². The third-order valence-electron chi connectivity index (χ3n) is 5.00. The Bertz CT molecular complexity index is 974. The van der Waals surface area contributed by atoms with E-state index in [1.165, 1.54) is 0 Å². The summed E-state index contributed by atoms with van der Waals surface area (Å²) in [6, 6.07) is 7.91. The minimum absolute atomic E-state index is 0.0935. The molecule has 7 nitrogen and oxygen atoms in total. The van der Waals surface area contributed by atoms with Gasteiger partial charge in [-0.25, -0.2) is 9.97 Å². The Kier molecular flexibility index (Phi) is 6.15. The van der Waals surface area contributed by atoms with Gasteiger partial charge in [-0.15, -0.1) is 11.3 Å². The van der Waals surface area contributed by atoms with Crippen molar-refractivity contribution in [2.45, 2.75) is 45.9 Å². The van der Waals surface area contributed by atoms with Crippen LogP contribution < -0.4 is 10.2 Å². The van der Waals surface area contributed by atoms with Gasteiger partial charge < -0.3 is 19.4 Å². The SMILES string of the molecule is Cc1oc(-c2cccs2)nc1CC(=O)NCc1ccc(N2C[C@@H](C)O[C@H](C)C2)nc1. The molecule has 0 radical (unpaired) electrons. The van der Waals surface area contributed by atoms with Gasteiger partial charge in [0.05, 0.1) is 29.2 Å². The van der Waals surface area contributed by atoms with Crippen LogP contribution in [-0.4, -0.2) is 41.2 Å². The third-order valence-corrected chi connectivity index (χ3v) is 5.85. The number of hydrogen-bond acceptors (Lipinski definition) is 7. The van der Waals surface area contributed by atoms with Crippen LogP contribution in [0.2, 0.25) is 0 Å². The lowest BCUT2D eigenvalue weighted by atomic mass is 10.2. The molecule has 0 bridgehead atoms. The van der Waals surface area contributed by atoms with Crippen molar-refractivity contribution in [1.82, 2.24) is 15.3 Å². The summed E-state index contributed by atoms with van der Waals surface area (Å²) < 4.78 is 11.5. The van der Waals surface area contributed by atoms with Gasteiger partial charge in [0.1, 0.15) is 11.6 Å². The predicted molar refractivity (Wildman–Crippen MR) is 117 cm³/mol. The summed E-state index contributed by atoms with van der Waals surface area (Å²) in [4.78, 5) is 24.6. The molecular formula is C22H26N4O3S. The number of anilines is 1. The van der Waals surface area contributed by atoms with E-state index in [9.17, 15) is 4.79 Å². The summed E-state index contributed by atoms with van der Waals surface area (Å²) in [7, 11) is 0. The van der Waals surface area contributed by atoms with E-state index in [2.05, 4.69) is 34.0 Å². The van der Waals surface area contributed by atoms with Crippen LogP contribution in [0.15, 0.2) is 40.3 Å². The van der Waals surface area contributed by atoms with Crippen LogP contribution >= 0.6 is 11.3 Å². The van der Waals surface area contributed by atoms with E-state index in [0.29, 0.717) is 23.9 Å². The number of carbonyl (C=O) groups is 1. The maximum Gasteiger partial charge on any atom is 0.236 e. The molecule has 0 saturated carbocycles. The van der Waals surface area contributed by atoms with Gasteiger partial charge in [-0.3, -0.25) is 4.79 Å². The Hall–Kier alpha value is -2.71. The van der Waals surface area contributed by atoms with E-state index in [1.54, 1.807) is 11.3 Å². The molecule has 2 atom stereocenters. The van der Waals surface area contributed by atoms with Crippen molar-refractivity contribution in [3.05, 3.63) is 52.9 Å². The van der Waals surface area contributed by atoms with Gasteiger partial charge in [0, 0.05) is 25.8 Å². The van der Waals surface area contributed by atoms with Crippen LogP contribution in [0, 0.1) is 6.92 Å². The first-order valence-corrected chi connectivity index (χ1v) is 11.0. The summed E-state index contributed by atoms with van der Waals surface area (Å²) in [5, 5.41) is 4.91. The molecule has 1 aliphatic rings. The number of rotatable bonds is 6. The second-order valence-electron chi connectivity index (χ2n) is 7.64. The fourth-order valence-corrected chi connectivity index (χ4v) is 4.24. The normalized spacial score (nSPS) is 19.1. The number of nitrogens with zero attached hydrogens (tertiary/aromatic N) is 3.